The summed E-state index contributed by atoms with van der Waals surface area (Å²) in [5, 5.41) is 0. The lowest BCUT2D eigenvalue weighted by Gasteiger charge is -2.58. The van der Waals surface area contributed by atoms with Gasteiger partial charge in [-0.05, 0) is 117 Å². The van der Waals surface area contributed by atoms with Crippen LogP contribution >= 0.6 is 0 Å². The Morgan fingerprint density at radius 3 is 2.44 bits per heavy atom. The third-order valence-electron chi connectivity index (χ3n) is 12.0. The minimum Gasteiger partial charge on any atom is -0.330 e. The number of allylic oxidation sites excluding steroid dienone is 2. The van der Waals surface area contributed by atoms with Crippen LogP contribution in [0.1, 0.15) is 137 Å². The first-order chi connectivity index (χ1) is 16.3. The van der Waals surface area contributed by atoms with Crippen molar-refractivity contribution < 1.29 is 0 Å². The van der Waals surface area contributed by atoms with Crippen LogP contribution in [0.3, 0.4) is 0 Å². The van der Waals surface area contributed by atoms with Gasteiger partial charge in [0.25, 0.3) is 0 Å². The van der Waals surface area contributed by atoms with Crippen molar-refractivity contribution in [1.82, 2.24) is 0 Å². The highest BCUT2D eigenvalue weighted by atomic mass is 14.6. The average Bonchev–Trinajstić information content (AvgIpc) is 3.16. The molecule has 0 heterocycles. The van der Waals surface area contributed by atoms with Crippen molar-refractivity contribution in [3.63, 3.8) is 0 Å². The molecule has 4 aliphatic carbocycles. The van der Waals surface area contributed by atoms with Crippen LogP contribution in [-0.2, 0) is 0 Å². The molecule has 0 bridgehead atoms. The molecule has 0 radical (unpaired) electrons. The predicted octanol–water partition coefficient (Wildman–Crippen LogP) is 9.55. The molecule has 196 valence electrons. The van der Waals surface area contributed by atoms with Crippen molar-refractivity contribution >= 4 is 0 Å². The molecular weight excluding hydrogens is 410 g/mol. The molecule has 0 aliphatic heterocycles. The second-order valence-electron chi connectivity index (χ2n) is 14.4. The summed E-state index contributed by atoms with van der Waals surface area (Å²) in [5.41, 5.74) is 8.73. The SMILES string of the molecule is CC(C)CCC[C@@H](C)[C@H]1CC[C@H]2[C@@H]3CC=C4C[C@@H](CCCCCCN)CC[C@]4(C)[C@H]3CC[C@]12C. The number of hydrogen-bond acceptors (Lipinski definition) is 1. The van der Waals surface area contributed by atoms with Crippen LogP contribution in [0.4, 0.5) is 0 Å². The summed E-state index contributed by atoms with van der Waals surface area (Å²) >= 11 is 0. The van der Waals surface area contributed by atoms with Crippen LogP contribution in [0.15, 0.2) is 11.6 Å². The van der Waals surface area contributed by atoms with Crippen LogP contribution in [0.5, 0.6) is 0 Å². The Labute approximate surface area is 213 Å². The van der Waals surface area contributed by atoms with Crippen LogP contribution in [-0.4, -0.2) is 6.54 Å². The largest absolute Gasteiger partial charge is 0.330 e. The Morgan fingerprint density at radius 1 is 0.882 bits per heavy atom. The van der Waals surface area contributed by atoms with E-state index in [0.717, 1.165) is 48.0 Å². The number of rotatable bonds is 11. The molecule has 1 nitrogen and oxygen atoms in total. The van der Waals surface area contributed by atoms with Gasteiger partial charge >= 0.3 is 0 Å². The summed E-state index contributed by atoms with van der Waals surface area (Å²) in [7, 11) is 0. The molecule has 0 aromatic carbocycles. The van der Waals surface area contributed by atoms with Crippen LogP contribution < -0.4 is 5.73 Å². The summed E-state index contributed by atoms with van der Waals surface area (Å²) in [6.07, 6.45) is 25.9. The number of hydrogen-bond donors (Lipinski definition) is 1. The Kier molecular flexibility index (Phi) is 8.97. The van der Waals surface area contributed by atoms with Gasteiger partial charge in [-0.1, -0.05) is 91.2 Å². The van der Waals surface area contributed by atoms with E-state index >= 15 is 0 Å². The second-order valence-corrected chi connectivity index (χ2v) is 14.4. The van der Waals surface area contributed by atoms with E-state index in [9.17, 15) is 0 Å². The average molecular weight is 470 g/mol. The Bertz CT molecular complexity index is 678. The molecule has 34 heavy (non-hydrogen) atoms. The second kappa shape index (κ2) is 11.4. The van der Waals surface area contributed by atoms with E-state index < -0.39 is 0 Å². The molecule has 2 N–H and O–H groups in total. The fraction of sp³-hybridized carbons (Fsp3) is 0.939. The maximum Gasteiger partial charge on any atom is -0.00773 e. The maximum absolute atomic E-state index is 5.68. The first-order valence-electron chi connectivity index (χ1n) is 15.7. The van der Waals surface area contributed by atoms with E-state index in [0.29, 0.717) is 10.8 Å². The monoisotopic (exact) mass is 469 g/mol. The fourth-order valence-electron chi connectivity index (χ4n) is 9.94. The van der Waals surface area contributed by atoms with Gasteiger partial charge in [0.15, 0.2) is 0 Å². The molecule has 4 aliphatic rings. The lowest BCUT2D eigenvalue weighted by atomic mass is 9.46. The minimum absolute atomic E-state index is 0.529. The number of unbranched alkanes of at least 4 members (excludes halogenated alkanes) is 3. The molecule has 0 aromatic heterocycles. The van der Waals surface area contributed by atoms with Gasteiger partial charge in [0.1, 0.15) is 0 Å². The summed E-state index contributed by atoms with van der Waals surface area (Å²) in [5.74, 6) is 6.70. The fourth-order valence-corrected chi connectivity index (χ4v) is 9.94. The lowest BCUT2D eigenvalue weighted by Crippen LogP contribution is -2.50. The summed E-state index contributed by atoms with van der Waals surface area (Å²) in [4.78, 5) is 0. The number of fused-ring (bicyclic) bond motifs is 5. The van der Waals surface area contributed by atoms with E-state index in [4.69, 9.17) is 5.73 Å². The van der Waals surface area contributed by atoms with Crippen molar-refractivity contribution in [1.29, 1.82) is 0 Å². The molecule has 8 atom stereocenters. The molecule has 4 rings (SSSR count). The van der Waals surface area contributed by atoms with Gasteiger partial charge in [-0.3, -0.25) is 0 Å². The first-order valence-corrected chi connectivity index (χ1v) is 15.7. The van der Waals surface area contributed by atoms with Crippen molar-refractivity contribution in [2.45, 2.75) is 137 Å². The Hall–Kier alpha value is -0.300. The van der Waals surface area contributed by atoms with Crippen LogP contribution in [0, 0.1) is 52.3 Å². The summed E-state index contributed by atoms with van der Waals surface area (Å²) in [6, 6.07) is 0. The highest BCUT2D eigenvalue weighted by Gasteiger charge is 2.59. The number of nitrogens with two attached hydrogens (primary N) is 1. The highest BCUT2D eigenvalue weighted by molar-refractivity contribution is 5.25. The third-order valence-corrected chi connectivity index (χ3v) is 12.0. The summed E-state index contributed by atoms with van der Waals surface area (Å²) < 4.78 is 0. The molecule has 0 aromatic rings. The Morgan fingerprint density at radius 2 is 1.68 bits per heavy atom. The van der Waals surface area contributed by atoms with Gasteiger partial charge in [0.2, 0.25) is 0 Å². The van der Waals surface area contributed by atoms with Crippen molar-refractivity contribution in [3.05, 3.63) is 11.6 Å². The molecule has 0 spiro atoms. The quantitative estimate of drug-likeness (QED) is 0.236. The van der Waals surface area contributed by atoms with Gasteiger partial charge in [0.05, 0.1) is 0 Å². The zero-order valence-corrected chi connectivity index (χ0v) is 23.7. The minimum atomic E-state index is 0.529. The zero-order chi connectivity index (χ0) is 24.3. The Balaban J connectivity index is 1.37. The molecule has 1 heteroatoms. The van der Waals surface area contributed by atoms with Crippen molar-refractivity contribution in [3.8, 4) is 0 Å². The van der Waals surface area contributed by atoms with E-state index in [-0.39, 0.29) is 0 Å². The first kappa shape index (κ1) is 26.8. The molecule has 0 unspecified atom stereocenters. The van der Waals surface area contributed by atoms with E-state index in [1.165, 1.54) is 103 Å². The van der Waals surface area contributed by atoms with E-state index in [1.54, 1.807) is 0 Å². The van der Waals surface area contributed by atoms with E-state index in [1.807, 2.05) is 5.57 Å². The highest BCUT2D eigenvalue weighted by Crippen LogP contribution is 2.67. The predicted molar refractivity (Wildman–Crippen MR) is 149 cm³/mol. The normalized spacial score (nSPS) is 40.4. The maximum atomic E-state index is 5.68. The zero-order valence-electron chi connectivity index (χ0n) is 23.7. The topological polar surface area (TPSA) is 26.0 Å². The van der Waals surface area contributed by atoms with Crippen LogP contribution in [0.25, 0.3) is 0 Å². The standard InChI is InChI=1S/C33H59N/c1-24(2)11-10-12-25(3)29-16-17-30-28-15-14-27-23-26(13-8-6-7-9-22-34)18-20-32(27,4)31(28)19-21-33(29,30)5/h14,24-26,28-31H,6-13,15-23,34H2,1-5H3/t25-,26+,28+,29-,30+,31+,32+,33-/m1/s1. The smallest absolute Gasteiger partial charge is 0.00773 e. The van der Waals surface area contributed by atoms with Crippen molar-refractivity contribution in [2.75, 3.05) is 6.54 Å². The third kappa shape index (κ3) is 5.35. The van der Waals surface area contributed by atoms with Gasteiger partial charge in [-0.25, -0.2) is 0 Å². The molecule has 0 amide bonds. The molecular formula is C33H59N. The van der Waals surface area contributed by atoms with Gasteiger partial charge in [0, 0.05) is 0 Å². The molecule has 3 fully saturated rings. The summed E-state index contributed by atoms with van der Waals surface area (Å²) in [6.45, 7) is 13.7. The van der Waals surface area contributed by atoms with Gasteiger partial charge in [-0.15, -0.1) is 0 Å². The lowest BCUT2D eigenvalue weighted by molar-refractivity contribution is -0.0529. The van der Waals surface area contributed by atoms with E-state index in [2.05, 4.69) is 40.7 Å². The molecule has 3 saturated carbocycles. The molecule has 0 saturated heterocycles. The van der Waals surface area contributed by atoms with Crippen molar-refractivity contribution in [2.24, 2.45) is 58.0 Å². The van der Waals surface area contributed by atoms with Gasteiger partial charge < -0.3 is 5.73 Å². The van der Waals surface area contributed by atoms with Gasteiger partial charge in [-0.2, -0.15) is 0 Å². The van der Waals surface area contributed by atoms with Crippen LogP contribution in [0.2, 0.25) is 0 Å².